The van der Waals surface area contributed by atoms with E-state index in [0.29, 0.717) is 32.8 Å². The van der Waals surface area contributed by atoms with Gasteiger partial charge in [-0.3, -0.25) is 23.8 Å². The molecule has 0 spiro atoms. The van der Waals surface area contributed by atoms with Crippen LogP contribution in [0, 0.1) is 6.92 Å². The smallest absolute Gasteiger partial charge is 0.267 e. The number of nitrogens with zero attached hydrogens (tertiary/aromatic N) is 5. The van der Waals surface area contributed by atoms with E-state index >= 15 is 0 Å². The second-order valence-corrected chi connectivity index (χ2v) is 11.8. The summed E-state index contributed by atoms with van der Waals surface area (Å²) in [5, 5.41) is 0. The Balaban J connectivity index is 1.32. The highest BCUT2D eigenvalue weighted by Gasteiger charge is 2.33. The van der Waals surface area contributed by atoms with Gasteiger partial charge in [-0.2, -0.15) is 0 Å². The molecule has 1 amide bonds. The van der Waals surface area contributed by atoms with Crippen LogP contribution in [-0.4, -0.2) is 55.6 Å². The van der Waals surface area contributed by atoms with Crippen molar-refractivity contribution in [3.8, 4) is 0 Å². The van der Waals surface area contributed by atoms with Gasteiger partial charge in [0.1, 0.15) is 15.8 Å². The van der Waals surface area contributed by atoms with E-state index in [0.717, 1.165) is 43.9 Å². The van der Waals surface area contributed by atoms with Crippen molar-refractivity contribution in [3.05, 3.63) is 117 Å². The summed E-state index contributed by atoms with van der Waals surface area (Å²) in [5.41, 5.74) is 4.05. The minimum atomic E-state index is -0.191. The van der Waals surface area contributed by atoms with Gasteiger partial charge in [-0.05, 0) is 35.8 Å². The Kier molecular flexibility index (Phi) is 7.51. The molecule has 0 bridgehead atoms. The summed E-state index contributed by atoms with van der Waals surface area (Å²) >= 11 is 6.81. The van der Waals surface area contributed by atoms with Crippen molar-refractivity contribution in [3.63, 3.8) is 0 Å². The Morgan fingerprint density at radius 2 is 1.52 bits per heavy atom. The number of hydrogen-bond acceptors (Lipinski definition) is 7. The minimum Gasteiger partial charge on any atom is -0.353 e. The predicted molar refractivity (Wildman–Crippen MR) is 165 cm³/mol. The topological polar surface area (TPSA) is 61.2 Å². The third kappa shape index (κ3) is 5.45. The van der Waals surface area contributed by atoms with Crippen LogP contribution in [0.4, 0.5) is 5.82 Å². The van der Waals surface area contributed by atoms with Crippen LogP contribution in [0.1, 0.15) is 22.3 Å². The molecule has 9 heteroatoms. The molecule has 40 heavy (non-hydrogen) atoms. The minimum absolute atomic E-state index is 0.189. The molecule has 0 radical (unpaired) electrons. The first-order valence-corrected chi connectivity index (χ1v) is 14.5. The number of rotatable bonds is 6. The van der Waals surface area contributed by atoms with E-state index in [4.69, 9.17) is 17.2 Å². The number of hydrogen-bond donors (Lipinski definition) is 0. The first-order valence-electron chi connectivity index (χ1n) is 13.3. The van der Waals surface area contributed by atoms with Gasteiger partial charge in [0, 0.05) is 38.9 Å². The van der Waals surface area contributed by atoms with Crippen molar-refractivity contribution < 1.29 is 4.79 Å². The lowest BCUT2D eigenvalue weighted by molar-refractivity contribution is -0.122. The number of carbonyl (C=O) groups excluding carboxylic acids is 1. The molecule has 0 N–H and O–H groups in total. The van der Waals surface area contributed by atoms with E-state index in [-0.39, 0.29) is 11.5 Å². The standard InChI is InChI=1S/C31H29N5O2S2/c1-22-12-13-27-32-28(34-16-14-33(15-17-34)20-23-8-4-2-5-9-23)25(29(37)35(27)19-22)18-26-30(38)36(31(39)40-26)21-24-10-6-3-7-11-24/h2-13,18-19H,14-17,20-21H2,1H3. The molecule has 7 nitrogen and oxygen atoms in total. The van der Waals surface area contributed by atoms with Crippen molar-refractivity contribution in [1.29, 1.82) is 0 Å². The van der Waals surface area contributed by atoms with Gasteiger partial charge in [0.2, 0.25) is 0 Å². The van der Waals surface area contributed by atoms with Gasteiger partial charge >= 0.3 is 0 Å². The van der Waals surface area contributed by atoms with Crippen molar-refractivity contribution in [2.45, 2.75) is 20.0 Å². The maximum atomic E-state index is 13.9. The Morgan fingerprint density at radius 1 is 0.875 bits per heavy atom. The number of aryl methyl sites for hydroxylation is 1. The average molecular weight is 568 g/mol. The molecule has 2 fully saturated rings. The van der Waals surface area contributed by atoms with Gasteiger partial charge < -0.3 is 4.90 Å². The summed E-state index contributed by atoms with van der Waals surface area (Å²) in [6.45, 7) is 6.39. The zero-order chi connectivity index (χ0) is 27.6. The average Bonchev–Trinajstić information content (AvgIpc) is 3.23. The maximum absolute atomic E-state index is 13.9. The fourth-order valence-corrected chi connectivity index (χ4v) is 6.34. The molecule has 4 heterocycles. The van der Waals surface area contributed by atoms with E-state index in [1.165, 1.54) is 17.3 Å². The van der Waals surface area contributed by atoms with Gasteiger partial charge in [0.05, 0.1) is 17.0 Å². The number of thiocarbonyl (C=S) groups is 1. The number of anilines is 1. The number of aromatic nitrogens is 2. The fourth-order valence-electron chi connectivity index (χ4n) is 5.11. The lowest BCUT2D eigenvalue weighted by Crippen LogP contribution is -2.47. The van der Waals surface area contributed by atoms with Crippen molar-refractivity contribution in [1.82, 2.24) is 19.2 Å². The van der Waals surface area contributed by atoms with Crippen LogP contribution in [0.2, 0.25) is 0 Å². The summed E-state index contributed by atoms with van der Waals surface area (Å²) in [6, 6.07) is 24.0. The van der Waals surface area contributed by atoms with E-state index in [9.17, 15) is 9.59 Å². The number of carbonyl (C=O) groups is 1. The molecular formula is C31H29N5O2S2. The van der Waals surface area contributed by atoms with Crippen molar-refractivity contribution in [2.24, 2.45) is 0 Å². The van der Waals surface area contributed by atoms with Crippen LogP contribution in [0.5, 0.6) is 0 Å². The number of amides is 1. The second-order valence-electron chi connectivity index (χ2n) is 10.1. The fraction of sp³-hybridized carbons (Fsp3) is 0.226. The third-order valence-electron chi connectivity index (χ3n) is 7.24. The van der Waals surface area contributed by atoms with Crippen molar-refractivity contribution >= 4 is 51.7 Å². The van der Waals surface area contributed by atoms with Gasteiger partial charge in [-0.25, -0.2) is 4.98 Å². The zero-order valence-corrected chi connectivity index (χ0v) is 23.8. The molecular weight excluding hydrogens is 539 g/mol. The molecule has 0 unspecified atom stereocenters. The molecule has 0 atom stereocenters. The Hall–Kier alpha value is -3.79. The Morgan fingerprint density at radius 3 is 2.20 bits per heavy atom. The highest BCUT2D eigenvalue weighted by atomic mass is 32.2. The zero-order valence-electron chi connectivity index (χ0n) is 22.2. The monoisotopic (exact) mass is 567 g/mol. The summed E-state index contributed by atoms with van der Waals surface area (Å²) in [4.78, 5) is 38.9. The second kappa shape index (κ2) is 11.4. The van der Waals surface area contributed by atoms with E-state index < -0.39 is 0 Å². The summed E-state index contributed by atoms with van der Waals surface area (Å²) in [6.07, 6.45) is 3.49. The molecule has 2 aliphatic heterocycles. The van der Waals surface area contributed by atoms with Crippen LogP contribution in [0.25, 0.3) is 11.7 Å². The first-order chi connectivity index (χ1) is 19.5. The SMILES string of the molecule is Cc1ccc2nc(N3CCN(Cc4ccccc4)CC3)c(C=C3SC(=S)N(Cc4ccccc4)C3=O)c(=O)n2c1. The lowest BCUT2D eigenvalue weighted by atomic mass is 10.1. The van der Waals surface area contributed by atoms with Gasteiger partial charge in [0.15, 0.2) is 0 Å². The van der Waals surface area contributed by atoms with E-state index in [1.807, 2.05) is 55.5 Å². The molecule has 6 rings (SSSR count). The van der Waals surface area contributed by atoms with Crippen LogP contribution in [0.3, 0.4) is 0 Å². The predicted octanol–water partition coefficient (Wildman–Crippen LogP) is 4.73. The summed E-state index contributed by atoms with van der Waals surface area (Å²) in [7, 11) is 0. The number of thioether (sulfide) groups is 1. The molecule has 2 aromatic heterocycles. The lowest BCUT2D eigenvalue weighted by Gasteiger charge is -2.36. The summed E-state index contributed by atoms with van der Waals surface area (Å²) < 4.78 is 2.06. The Bertz CT molecular complexity index is 1660. The number of fused-ring (bicyclic) bond motifs is 1. The van der Waals surface area contributed by atoms with Gasteiger partial charge in [0.25, 0.3) is 11.5 Å². The molecule has 2 saturated heterocycles. The molecule has 2 aromatic carbocycles. The normalized spacial score (nSPS) is 17.4. The number of piperazine rings is 1. The molecule has 0 saturated carbocycles. The van der Waals surface area contributed by atoms with Crippen LogP contribution < -0.4 is 10.5 Å². The van der Waals surface area contributed by atoms with E-state index in [1.54, 1.807) is 21.6 Å². The maximum Gasteiger partial charge on any atom is 0.267 e. The van der Waals surface area contributed by atoms with Crippen molar-refractivity contribution in [2.75, 3.05) is 31.1 Å². The van der Waals surface area contributed by atoms with Gasteiger partial charge in [-0.1, -0.05) is 90.7 Å². The van der Waals surface area contributed by atoms with Crippen LogP contribution >= 0.6 is 24.0 Å². The number of benzene rings is 2. The molecule has 0 aliphatic carbocycles. The summed E-state index contributed by atoms with van der Waals surface area (Å²) in [5.74, 6) is 0.424. The van der Waals surface area contributed by atoms with Crippen LogP contribution in [-0.2, 0) is 17.9 Å². The Labute approximate surface area is 242 Å². The third-order valence-corrected chi connectivity index (χ3v) is 8.62. The quantitative estimate of drug-likeness (QED) is 0.247. The number of pyridine rings is 1. The highest BCUT2D eigenvalue weighted by Crippen LogP contribution is 2.34. The molecule has 202 valence electrons. The molecule has 4 aromatic rings. The molecule has 2 aliphatic rings. The van der Waals surface area contributed by atoms with Gasteiger partial charge in [-0.15, -0.1) is 0 Å². The highest BCUT2D eigenvalue weighted by molar-refractivity contribution is 8.26. The van der Waals surface area contributed by atoms with Crippen LogP contribution in [0.15, 0.2) is 88.7 Å². The first kappa shape index (κ1) is 26.4. The largest absolute Gasteiger partial charge is 0.353 e. The van der Waals surface area contributed by atoms with E-state index in [2.05, 4.69) is 34.1 Å².